The van der Waals surface area contributed by atoms with Crippen molar-refractivity contribution in [1.29, 1.82) is 0 Å². The molecule has 0 bridgehead atoms. The zero-order valence-electron chi connectivity index (χ0n) is 14.8. The van der Waals surface area contributed by atoms with Crippen molar-refractivity contribution < 1.29 is 0 Å². The van der Waals surface area contributed by atoms with Crippen LogP contribution < -0.4 is 0 Å². The van der Waals surface area contributed by atoms with Gasteiger partial charge < -0.3 is 0 Å². The Morgan fingerprint density at radius 1 is 1.00 bits per heavy atom. The van der Waals surface area contributed by atoms with Crippen LogP contribution in [0.1, 0.15) is 48.8 Å². The summed E-state index contributed by atoms with van der Waals surface area (Å²) in [5.41, 5.74) is 4.23. The van der Waals surface area contributed by atoms with Crippen LogP contribution in [0, 0.1) is 0 Å². The zero-order valence-corrected chi connectivity index (χ0v) is 15.5. The maximum atomic E-state index is 6.29. The number of hydrogen-bond donors (Lipinski definition) is 0. The number of alkyl halides is 1. The Labute approximate surface area is 151 Å². The van der Waals surface area contributed by atoms with Crippen LogP contribution in [0.25, 0.3) is 0 Å². The van der Waals surface area contributed by atoms with Gasteiger partial charge in [-0.1, -0.05) is 54.6 Å². The normalized spacial score (nSPS) is 21.5. The number of hydrogen-bond acceptors (Lipinski definition) is 1. The Morgan fingerprint density at radius 2 is 1.71 bits per heavy atom. The molecule has 0 amide bonds. The number of rotatable bonds is 7. The average molecular weight is 342 g/mol. The van der Waals surface area contributed by atoms with Gasteiger partial charge in [0.2, 0.25) is 0 Å². The predicted octanol–water partition coefficient (Wildman–Crippen LogP) is 5.62. The van der Waals surface area contributed by atoms with Crippen molar-refractivity contribution >= 4 is 11.6 Å². The molecule has 0 aliphatic heterocycles. The molecule has 24 heavy (non-hydrogen) atoms. The summed E-state index contributed by atoms with van der Waals surface area (Å²) >= 11 is 6.29. The summed E-state index contributed by atoms with van der Waals surface area (Å²) in [6.45, 7) is 3.34. The van der Waals surface area contributed by atoms with E-state index in [-0.39, 0.29) is 0 Å². The molecule has 3 unspecified atom stereocenters. The topological polar surface area (TPSA) is 3.24 Å². The molecule has 3 rings (SSSR count). The minimum atomic E-state index is 0.350. The molecular weight excluding hydrogens is 314 g/mol. The van der Waals surface area contributed by atoms with Crippen molar-refractivity contribution in [2.45, 2.75) is 56.5 Å². The van der Waals surface area contributed by atoms with Crippen molar-refractivity contribution in [1.82, 2.24) is 4.90 Å². The summed E-state index contributed by atoms with van der Waals surface area (Å²) in [5.74, 6) is 0.580. The first-order valence-corrected chi connectivity index (χ1v) is 9.54. The first-order chi connectivity index (χ1) is 11.6. The lowest BCUT2D eigenvalue weighted by atomic mass is 9.79. The Hall–Kier alpha value is -1.31. The minimum absolute atomic E-state index is 0.350. The SMILES string of the molecule is CC(CCc1ccc(C2CCC2Cl)cc1)N(C)Cc1ccccc1. The first-order valence-electron chi connectivity index (χ1n) is 9.10. The van der Waals surface area contributed by atoms with Crippen molar-refractivity contribution in [2.75, 3.05) is 7.05 Å². The highest BCUT2D eigenvalue weighted by molar-refractivity contribution is 6.21. The van der Waals surface area contributed by atoms with E-state index in [1.54, 1.807) is 0 Å². The van der Waals surface area contributed by atoms with Gasteiger partial charge in [-0.15, -0.1) is 11.6 Å². The molecule has 2 heteroatoms. The molecule has 1 saturated carbocycles. The number of halogens is 1. The molecule has 2 aromatic carbocycles. The quantitative estimate of drug-likeness (QED) is 0.590. The van der Waals surface area contributed by atoms with E-state index in [2.05, 4.69) is 73.5 Å². The largest absolute Gasteiger partial charge is 0.299 e. The number of benzene rings is 2. The molecule has 1 aliphatic carbocycles. The highest BCUT2D eigenvalue weighted by atomic mass is 35.5. The van der Waals surface area contributed by atoms with E-state index in [1.165, 1.54) is 36.0 Å². The van der Waals surface area contributed by atoms with Gasteiger partial charge in [-0.05, 0) is 56.3 Å². The lowest BCUT2D eigenvalue weighted by Gasteiger charge is -2.32. The Kier molecular flexibility index (Phi) is 5.97. The van der Waals surface area contributed by atoms with Crippen LogP contribution in [0.3, 0.4) is 0 Å². The predicted molar refractivity (Wildman–Crippen MR) is 104 cm³/mol. The van der Waals surface area contributed by atoms with Gasteiger partial charge in [0.15, 0.2) is 0 Å². The van der Waals surface area contributed by atoms with Gasteiger partial charge in [-0.3, -0.25) is 4.90 Å². The van der Waals surface area contributed by atoms with Crippen LogP contribution in [-0.2, 0) is 13.0 Å². The maximum absolute atomic E-state index is 6.29. The summed E-state index contributed by atoms with van der Waals surface area (Å²) in [4.78, 5) is 2.44. The Morgan fingerprint density at radius 3 is 2.29 bits per heavy atom. The van der Waals surface area contributed by atoms with Gasteiger partial charge in [0.05, 0.1) is 0 Å². The third kappa shape index (κ3) is 4.40. The van der Waals surface area contributed by atoms with Crippen LogP contribution in [0.5, 0.6) is 0 Å². The molecule has 0 aromatic heterocycles. The fourth-order valence-corrected chi connectivity index (χ4v) is 3.79. The number of aryl methyl sites for hydroxylation is 1. The Balaban J connectivity index is 1.47. The molecule has 0 heterocycles. The Bertz CT molecular complexity index is 622. The molecule has 128 valence electrons. The summed E-state index contributed by atoms with van der Waals surface area (Å²) in [7, 11) is 2.22. The monoisotopic (exact) mass is 341 g/mol. The second-order valence-corrected chi connectivity index (χ2v) is 7.79. The van der Waals surface area contributed by atoms with E-state index in [1.807, 2.05) is 0 Å². The van der Waals surface area contributed by atoms with E-state index < -0.39 is 0 Å². The van der Waals surface area contributed by atoms with E-state index in [0.717, 1.165) is 13.0 Å². The maximum Gasteiger partial charge on any atom is 0.0404 e. The van der Waals surface area contributed by atoms with Gasteiger partial charge in [0.1, 0.15) is 0 Å². The van der Waals surface area contributed by atoms with Crippen LogP contribution in [0.15, 0.2) is 54.6 Å². The van der Waals surface area contributed by atoms with Crippen LogP contribution in [-0.4, -0.2) is 23.4 Å². The van der Waals surface area contributed by atoms with E-state index in [4.69, 9.17) is 11.6 Å². The van der Waals surface area contributed by atoms with E-state index in [0.29, 0.717) is 17.3 Å². The molecule has 1 aliphatic rings. The first kappa shape index (κ1) is 17.5. The second-order valence-electron chi connectivity index (χ2n) is 7.23. The third-order valence-corrected chi connectivity index (χ3v) is 6.00. The van der Waals surface area contributed by atoms with Crippen molar-refractivity contribution in [2.24, 2.45) is 0 Å². The number of nitrogens with zero attached hydrogens (tertiary/aromatic N) is 1. The summed E-state index contributed by atoms with van der Waals surface area (Å²) in [6.07, 6.45) is 4.73. The highest BCUT2D eigenvalue weighted by Crippen LogP contribution is 2.40. The molecular formula is C22H28ClN. The molecule has 0 spiro atoms. The lowest BCUT2D eigenvalue weighted by molar-refractivity contribution is 0.238. The second kappa shape index (κ2) is 8.18. The minimum Gasteiger partial charge on any atom is -0.299 e. The van der Waals surface area contributed by atoms with Crippen molar-refractivity contribution in [3.05, 3.63) is 71.3 Å². The smallest absolute Gasteiger partial charge is 0.0404 e. The molecule has 0 radical (unpaired) electrons. The summed E-state index contributed by atoms with van der Waals surface area (Å²) in [5, 5.41) is 0.350. The van der Waals surface area contributed by atoms with Gasteiger partial charge in [0.25, 0.3) is 0 Å². The molecule has 0 saturated heterocycles. The molecule has 1 nitrogen and oxygen atoms in total. The fourth-order valence-electron chi connectivity index (χ4n) is 3.39. The zero-order chi connectivity index (χ0) is 16.9. The van der Waals surface area contributed by atoms with Gasteiger partial charge in [-0.2, -0.15) is 0 Å². The summed E-state index contributed by atoms with van der Waals surface area (Å²) < 4.78 is 0. The van der Waals surface area contributed by atoms with Gasteiger partial charge in [-0.25, -0.2) is 0 Å². The van der Waals surface area contributed by atoms with Crippen LogP contribution in [0.2, 0.25) is 0 Å². The average Bonchev–Trinajstić information content (AvgIpc) is 2.60. The highest BCUT2D eigenvalue weighted by Gasteiger charge is 2.29. The van der Waals surface area contributed by atoms with E-state index >= 15 is 0 Å². The third-order valence-electron chi connectivity index (χ3n) is 5.48. The fraction of sp³-hybridized carbons (Fsp3) is 0.455. The summed E-state index contributed by atoms with van der Waals surface area (Å²) in [6, 6.07) is 20.4. The molecule has 2 aromatic rings. The van der Waals surface area contributed by atoms with Gasteiger partial charge in [0, 0.05) is 23.9 Å². The standard InChI is InChI=1S/C22H28ClN/c1-17(24(2)16-19-6-4-3-5-7-19)8-9-18-10-12-20(13-11-18)21-14-15-22(21)23/h3-7,10-13,17,21-22H,8-9,14-16H2,1-2H3. The molecule has 0 N–H and O–H groups in total. The van der Waals surface area contributed by atoms with Crippen molar-refractivity contribution in [3.63, 3.8) is 0 Å². The molecule has 1 fully saturated rings. The lowest BCUT2D eigenvalue weighted by Crippen LogP contribution is -2.29. The van der Waals surface area contributed by atoms with E-state index in [9.17, 15) is 0 Å². The van der Waals surface area contributed by atoms with Crippen LogP contribution in [0.4, 0.5) is 0 Å². The van der Waals surface area contributed by atoms with Gasteiger partial charge >= 0.3 is 0 Å². The van der Waals surface area contributed by atoms with Crippen molar-refractivity contribution in [3.8, 4) is 0 Å². The van der Waals surface area contributed by atoms with Crippen LogP contribution >= 0.6 is 11.6 Å². The molecule has 3 atom stereocenters.